The summed E-state index contributed by atoms with van der Waals surface area (Å²) in [5.74, 6) is -0.0333. The van der Waals surface area contributed by atoms with Crippen molar-refractivity contribution >= 4 is 23.6 Å². The number of nitrogens with zero attached hydrogens (tertiary/aromatic N) is 2. The number of hydrogen-bond acceptors (Lipinski definition) is 4. The van der Waals surface area contributed by atoms with Crippen LogP contribution < -0.4 is 4.90 Å². The van der Waals surface area contributed by atoms with Gasteiger partial charge in [0.1, 0.15) is 0 Å². The van der Waals surface area contributed by atoms with Crippen molar-refractivity contribution in [3.8, 4) is 0 Å². The normalized spacial score (nSPS) is 14.9. The molecule has 0 N–H and O–H groups in total. The molecule has 4 nitrogen and oxygen atoms in total. The number of carbonyl (C=O) groups is 1. The summed E-state index contributed by atoms with van der Waals surface area (Å²) < 4.78 is 5.38. The van der Waals surface area contributed by atoms with Gasteiger partial charge in [0.05, 0.1) is 0 Å². The summed E-state index contributed by atoms with van der Waals surface area (Å²) >= 11 is 0. The molecule has 146 valence electrons. The van der Waals surface area contributed by atoms with Crippen molar-refractivity contribution in [1.82, 2.24) is 0 Å². The highest BCUT2D eigenvalue weighted by molar-refractivity contribution is 6.12. The first-order chi connectivity index (χ1) is 13.6. The predicted molar refractivity (Wildman–Crippen MR) is 116 cm³/mol. The van der Waals surface area contributed by atoms with Crippen LogP contribution in [0, 0.1) is 0 Å². The number of esters is 1. The molecule has 28 heavy (non-hydrogen) atoms. The first kappa shape index (κ1) is 19.9. The average molecular weight is 377 g/mol. The zero-order chi connectivity index (χ0) is 19.9. The fraction of sp³-hybridized carbons (Fsp3) is 0.333. The Morgan fingerprint density at radius 3 is 2.32 bits per heavy atom. The molecular weight excluding hydrogens is 348 g/mol. The maximum atomic E-state index is 12.2. The Kier molecular flexibility index (Phi) is 6.64. The lowest BCUT2D eigenvalue weighted by atomic mass is 10.0. The van der Waals surface area contributed by atoms with Crippen LogP contribution in [0.5, 0.6) is 0 Å². The fourth-order valence-corrected chi connectivity index (χ4v) is 3.13. The van der Waals surface area contributed by atoms with Crippen LogP contribution in [0.4, 0.5) is 5.69 Å². The Morgan fingerprint density at radius 2 is 1.68 bits per heavy atom. The van der Waals surface area contributed by atoms with E-state index in [0.29, 0.717) is 11.6 Å². The van der Waals surface area contributed by atoms with E-state index in [1.54, 1.807) is 6.08 Å². The van der Waals surface area contributed by atoms with E-state index in [2.05, 4.69) is 24.0 Å². The maximum Gasteiger partial charge on any atom is 0.363 e. The van der Waals surface area contributed by atoms with Crippen LogP contribution in [0.3, 0.4) is 0 Å². The van der Waals surface area contributed by atoms with Gasteiger partial charge in [0.15, 0.2) is 5.70 Å². The summed E-state index contributed by atoms with van der Waals surface area (Å²) in [6.45, 7) is 2.22. The molecule has 3 rings (SSSR count). The van der Waals surface area contributed by atoms with E-state index < -0.39 is 5.97 Å². The molecule has 1 aliphatic heterocycles. The number of unbranched alkanes of at least 4 members (excludes halogenated alkanes) is 3. The first-order valence-corrected chi connectivity index (χ1v) is 9.96. The number of aryl methyl sites for hydroxylation is 1. The van der Waals surface area contributed by atoms with Crippen molar-refractivity contribution in [2.45, 2.75) is 39.0 Å². The van der Waals surface area contributed by atoms with Gasteiger partial charge >= 0.3 is 5.97 Å². The van der Waals surface area contributed by atoms with Crippen LogP contribution in [0.25, 0.3) is 6.08 Å². The molecule has 0 bridgehead atoms. The highest BCUT2D eigenvalue weighted by atomic mass is 16.6. The number of benzene rings is 2. The van der Waals surface area contributed by atoms with Gasteiger partial charge < -0.3 is 9.64 Å². The molecule has 0 saturated heterocycles. The molecule has 0 aliphatic carbocycles. The highest BCUT2D eigenvalue weighted by Gasteiger charge is 2.24. The van der Waals surface area contributed by atoms with Crippen LogP contribution in [0.2, 0.25) is 0 Å². The van der Waals surface area contributed by atoms with Gasteiger partial charge in [-0.05, 0) is 54.3 Å². The van der Waals surface area contributed by atoms with Gasteiger partial charge in [-0.25, -0.2) is 9.79 Å². The maximum absolute atomic E-state index is 12.2. The number of rotatable bonds is 8. The van der Waals surface area contributed by atoms with Crippen LogP contribution in [0.15, 0.2) is 59.2 Å². The fourth-order valence-electron chi connectivity index (χ4n) is 3.13. The minimum atomic E-state index is -0.407. The zero-order valence-electron chi connectivity index (χ0n) is 16.9. The van der Waals surface area contributed by atoms with Gasteiger partial charge in [-0.3, -0.25) is 0 Å². The zero-order valence-corrected chi connectivity index (χ0v) is 16.9. The number of carbonyl (C=O) groups excluding carboxylic acids is 1. The van der Waals surface area contributed by atoms with Crippen LogP contribution in [-0.2, 0) is 16.0 Å². The number of ether oxygens (including phenoxy) is 1. The summed E-state index contributed by atoms with van der Waals surface area (Å²) in [6.07, 6.45) is 7.87. The summed E-state index contributed by atoms with van der Waals surface area (Å²) in [5.41, 5.74) is 4.50. The molecule has 2 aromatic rings. The topological polar surface area (TPSA) is 41.9 Å². The lowest BCUT2D eigenvalue weighted by Crippen LogP contribution is -2.08. The number of cyclic esters (lactones) is 1. The smallest absolute Gasteiger partial charge is 0.363 e. The van der Waals surface area contributed by atoms with E-state index in [1.165, 1.54) is 31.2 Å². The molecule has 1 heterocycles. The molecule has 0 saturated carbocycles. The van der Waals surface area contributed by atoms with Gasteiger partial charge in [-0.1, -0.05) is 50.5 Å². The van der Waals surface area contributed by atoms with E-state index >= 15 is 0 Å². The Balaban J connectivity index is 1.69. The van der Waals surface area contributed by atoms with E-state index in [0.717, 1.165) is 23.2 Å². The first-order valence-electron chi connectivity index (χ1n) is 9.96. The second-order valence-electron chi connectivity index (χ2n) is 7.33. The lowest BCUT2D eigenvalue weighted by Gasteiger charge is -2.11. The molecule has 0 spiro atoms. The standard InChI is InChI=1S/C24H28N2O2/c1-4-5-6-7-8-18-9-13-20(14-10-18)23-25-22(24(27)28-23)17-19-11-15-21(16-12-19)26(2)3/h9-17H,4-8H2,1-3H3/b22-17-. The van der Waals surface area contributed by atoms with Crippen molar-refractivity contribution < 1.29 is 9.53 Å². The van der Waals surface area contributed by atoms with Gasteiger partial charge in [0.25, 0.3) is 0 Å². The average Bonchev–Trinajstić information content (AvgIpc) is 3.06. The highest BCUT2D eigenvalue weighted by Crippen LogP contribution is 2.21. The van der Waals surface area contributed by atoms with E-state index in [-0.39, 0.29) is 0 Å². The van der Waals surface area contributed by atoms with Gasteiger partial charge in [0.2, 0.25) is 5.90 Å². The third-order valence-corrected chi connectivity index (χ3v) is 4.85. The van der Waals surface area contributed by atoms with Crippen molar-refractivity contribution in [1.29, 1.82) is 0 Å². The summed E-state index contributed by atoms with van der Waals surface area (Å²) in [7, 11) is 3.99. The minimum absolute atomic E-state index is 0.330. The molecule has 0 radical (unpaired) electrons. The number of aliphatic imine (C=N–C) groups is 1. The second-order valence-corrected chi connectivity index (χ2v) is 7.33. The van der Waals surface area contributed by atoms with Crippen molar-refractivity contribution in [2.75, 3.05) is 19.0 Å². The molecule has 0 fully saturated rings. The predicted octanol–water partition coefficient (Wildman–Crippen LogP) is 5.22. The number of hydrogen-bond donors (Lipinski definition) is 0. The molecule has 2 aromatic carbocycles. The third kappa shape index (κ3) is 5.10. The molecule has 0 unspecified atom stereocenters. The Morgan fingerprint density at radius 1 is 0.964 bits per heavy atom. The van der Waals surface area contributed by atoms with Gasteiger partial charge in [-0.2, -0.15) is 0 Å². The summed E-state index contributed by atoms with van der Waals surface area (Å²) in [4.78, 5) is 18.6. The lowest BCUT2D eigenvalue weighted by molar-refractivity contribution is -0.129. The van der Waals surface area contributed by atoms with Gasteiger partial charge in [0, 0.05) is 25.3 Å². The monoisotopic (exact) mass is 376 g/mol. The summed E-state index contributed by atoms with van der Waals surface area (Å²) in [6, 6.07) is 16.1. The van der Waals surface area contributed by atoms with Crippen molar-refractivity contribution in [3.05, 3.63) is 70.9 Å². The van der Waals surface area contributed by atoms with Gasteiger partial charge in [-0.15, -0.1) is 0 Å². The van der Waals surface area contributed by atoms with E-state index in [4.69, 9.17) is 4.74 Å². The summed E-state index contributed by atoms with van der Waals surface area (Å²) in [5, 5.41) is 0. The van der Waals surface area contributed by atoms with Crippen LogP contribution in [-0.4, -0.2) is 26.0 Å². The molecule has 4 heteroatoms. The van der Waals surface area contributed by atoms with Crippen molar-refractivity contribution in [3.63, 3.8) is 0 Å². The minimum Gasteiger partial charge on any atom is -0.402 e. The SMILES string of the molecule is CCCCCCc1ccc(C2=N/C(=C\c3ccc(N(C)C)cc3)C(=O)O2)cc1. The molecule has 1 aliphatic rings. The Labute approximate surface area is 167 Å². The Bertz CT molecular complexity index is 862. The largest absolute Gasteiger partial charge is 0.402 e. The Hall–Kier alpha value is -2.88. The van der Waals surface area contributed by atoms with E-state index in [9.17, 15) is 4.79 Å². The molecular formula is C24H28N2O2. The third-order valence-electron chi connectivity index (χ3n) is 4.85. The van der Waals surface area contributed by atoms with Crippen molar-refractivity contribution in [2.24, 2.45) is 4.99 Å². The van der Waals surface area contributed by atoms with Crippen LogP contribution in [0.1, 0.15) is 49.3 Å². The molecule has 0 amide bonds. The van der Waals surface area contributed by atoms with E-state index in [1.807, 2.05) is 55.4 Å². The quantitative estimate of drug-likeness (QED) is 0.360. The second kappa shape index (κ2) is 9.36. The molecule has 0 atom stereocenters. The molecule has 0 aromatic heterocycles. The number of anilines is 1. The van der Waals surface area contributed by atoms with Crippen LogP contribution >= 0.6 is 0 Å².